The molecule has 1 amide bonds. The summed E-state index contributed by atoms with van der Waals surface area (Å²) >= 11 is 0. The smallest absolute Gasteiger partial charge is 0.271 e. The van der Waals surface area contributed by atoms with Crippen LogP contribution in [-0.2, 0) is 17.6 Å². The molecule has 0 aromatic carbocycles. The fourth-order valence-electron chi connectivity index (χ4n) is 3.93. The van der Waals surface area contributed by atoms with Gasteiger partial charge in [0.1, 0.15) is 17.8 Å². The molecule has 2 aliphatic heterocycles. The zero-order valence-corrected chi connectivity index (χ0v) is 15.0. The van der Waals surface area contributed by atoms with Crippen LogP contribution in [0.4, 0.5) is 5.82 Å². The standard InChI is InChI=1S/C18H24N6O2/c1-26-11-13-3-7-24(10-13)17-14-4-8-23(9-5-15(14)19-12-20-17)18(25)16-2-6-21-22-16/h2,6,12-13H,3-5,7-11H2,1H3,(H,21,22). The summed E-state index contributed by atoms with van der Waals surface area (Å²) in [5.41, 5.74) is 2.78. The predicted octanol–water partition coefficient (Wildman–Crippen LogP) is 0.913. The maximum Gasteiger partial charge on any atom is 0.271 e. The number of methoxy groups -OCH3 is 1. The SMILES string of the molecule is COCC1CCN(c2ncnc3c2CCN(C(=O)c2ccn[nH]2)CC3)C1. The first-order chi connectivity index (χ1) is 12.8. The lowest BCUT2D eigenvalue weighted by atomic mass is 10.1. The van der Waals surface area contributed by atoms with Gasteiger partial charge in [0.05, 0.1) is 12.3 Å². The van der Waals surface area contributed by atoms with Crippen LogP contribution in [0.2, 0.25) is 0 Å². The van der Waals surface area contributed by atoms with E-state index in [0.29, 0.717) is 24.7 Å². The topological polar surface area (TPSA) is 87.2 Å². The molecule has 2 aromatic heterocycles. The van der Waals surface area contributed by atoms with Gasteiger partial charge in [0.2, 0.25) is 0 Å². The molecule has 4 heterocycles. The third kappa shape index (κ3) is 3.29. The van der Waals surface area contributed by atoms with E-state index in [1.54, 1.807) is 25.7 Å². The molecule has 0 saturated carbocycles. The molecule has 0 radical (unpaired) electrons. The summed E-state index contributed by atoms with van der Waals surface area (Å²) in [6.07, 6.45) is 5.91. The number of ether oxygens (including phenoxy) is 1. The molecular formula is C18H24N6O2. The Labute approximate surface area is 152 Å². The van der Waals surface area contributed by atoms with Crippen molar-refractivity contribution in [2.45, 2.75) is 19.3 Å². The largest absolute Gasteiger partial charge is 0.384 e. The average molecular weight is 356 g/mol. The van der Waals surface area contributed by atoms with Gasteiger partial charge >= 0.3 is 0 Å². The van der Waals surface area contributed by atoms with Gasteiger partial charge in [-0.2, -0.15) is 5.10 Å². The number of H-pyrrole nitrogens is 1. The monoisotopic (exact) mass is 356 g/mol. The second-order valence-electron chi connectivity index (χ2n) is 6.94. The summed E-state index contributed by atoms with van der Waals surface area (Å²) in [5.74, 6) is 1.57. The lowest BCUT2D eigenvalue weighted by Gasteiger charge is -2.22. The normalized spacial score (nSPS) is 20.1. The number of nitrogens with zero attached hydrogens (tertiary/aromatic N) is 5. The summed E-state index contributed by atoms with van der Waals surface area (Å²) in [6.45, 7) is 4.08. The highest BCUT2D eigenvalue weighted by Crippen LogP contribution is 2.28. The maximum absolute atomic E-state index is 12.6. The van der Waals surface area contributed by atoms with Crippen molar-refractivity contribution in [1.82, 2.24) is 25.1 Å². The fraction of sp³-hybridized carbons (Fsp3) is 0.556. The van der Waals surface area contributed by atoms with E-state index in [1.165, 1.54) is 5.56 Å². The molecule has 0 spiro atoms. The third-order valence-corrected chi connectivity index (χ3v) is 5.27. The Balaban J connectivity index is 1.51. The third-order valence-electron chi connectivity index (χ3n) is 5.27. The Morgan fingerprint density at radius 2 is 2.19 bits per heavy atom. The Hall–Kier alpha value is -2.48. The zero-order valence-electron chi connectivity index (χ0n) is 15.0. The van der Waals surface area contributed by atoms with Crippen LogP contribution in [0.3, 0.4) is 0 Å². The second kappa shape index (κ2) is 7.41. The molecule has 1 unspecified atom stereocenters. The molecule has 4 rings (SSSR count). The molecule has 0 aliphatic carbocycles. The first-order valence-corrected chi connectivity index (χ1v) is 9.11. The van der Waals surface area contributed by atoms with Crippen LogP contribution in [0, 0.1) is 5.92 Å². The Morgan fingerprint density at radius 1 is 1.31 bits per heavy atom. The minimum atomic E-state index is -0.00820. The number of carbonyl (C=O) groups is 1. The molecular weight excluding hydrogens is 332 g/mol. The van der Waals surface area contributed by atoms with Crippen molar-refractivity contribution in [2.24, 2.45) is 5.92 Å². The number of carbonyl (C=O) groups excluding carboxylic acids is 1. The molecule has 0 bridgehead atoms. The van der Waals surface area contributed by atoms with E-state index in [0.717, 1.165) is 50.5 Å². The number of hydrogen-bond acceptors (Lipinski definition) is 6. The predicted molar refractivity (Wildman–Crippen MR) is 96.1 cm³/mol. The first-order valence-electron chi connectivity index (χ1n) is 9.11. The second-order valence-corrected chi connectivity index (χ2v) is 6.94. The highest BCUT2D eigenvalue weighted by atomic mass is 16.5. The van der Waals surface area contributed by atoms with Crippen molar-refractivity contribution >= 4 is 11.7 Å². The molecule has 138 valence electrons. The van der Waals surface area contributed by atoms with Crippen molar-refractivity contribution in [1.29, 1.82) is 0 Å². The number of aromatic amines is 1. The van der Waals surface area contributed by atoms with Crippen molar-refractivity contribution in [3.63, 3.8) is 0 Å². The van der Waals surface area contributed by atoms with E-state index >= 15 is 0 Å². The molecule has 2 aliphatic rings. The van der Waals surface area contributed by atoms with Crippen molar-refractivity contribution in [3.8, 4) is 0 Å². The molecule has 1 atom stereocenters. The van der Waals surface area contributed by atoms with Gasteiger partial charge in [0.25, 0.3) is 5.91 Å². The Bertz CT molecular complexity index is 763. The summed E-state index contributed by atoms with van der Waals surface area (Å²) < 4.78 is 5.31. The first kappa shape index (κ1) is 17.0. The minimum Gasteiger partial charge on any atom is -0.384 e. The molecule has 1 saturated heterocycles. The van der Waals surface area contributed by atoms with Gasteiger partial charge in [-0.3, -0.25) is 9.89 Å². The van der Waals surface area contributed by atoms with Gasteiger partial charge in [-0.05, 0) is 18.9 Å². The quantitative estimate of drug-likeness (QED) is 0.876. The van der Waals surface area contributed by atoms with E-state index in [4.69, 9.17) is 4.74 Å². The highest BCUT2D eigenvalue weighted by Gasteiger charge is 2.28. The van der Waals surface area contributed by atoms with Gasteiger partial charge in [-0.1, -0.05) is 0 Å². The number of hydrogen-bond donors (Lipinski definition) is 1. The molecule has 8 nitrogen and oxygen atoms in total. The summed E-state index contributed by atoms with van der Waals surface area (Å²) in [5, 5.41) is 6.64. The van der Waals surface area contributed by atoms with E-state index < -0.39 is 0 Å². The van der Waals surface area contributed by atoms with Crippen LogP contribution in [0.15, 0.2) is 18.6 Å². The fourth-order valence-corrected chi connectivity index (χ4v) is 3.93. The van der Waals surface area contributed by atoms with Crippen LogP contribution in [-0.4, -0.2) is 70.9 Å². The number of fused-ring (bicyclic) bond motifs is 1. The lowest BCUT2D eigenvalue weighted by Crippen LogP contribution is -2.33. The number of nitrogens with one attached hydrogen (secondary N) is 1. The van der Waals surface area contributed by atoms with Crippen LogP contribution in [0.5, 0.6) is 0 Å². The Kier molecular flexibility index (Phi) is 4.83. The Morgan fingerprint density at radius 3 is 3.00 bits per heavy atom. The van der Waals surface area contributed by atoms with Crippen LogP contribution >= 0.6 is 0 Å². The molecule has 1 N–H and O–H groups in total. The van der Waals surface area contributed by atoms with Gasteiger partial charge in [-0.15, -0.1) is 0 Å². The summed E-state index contributed by atoms with van der Waals surface area (Å²) in [6, 6.07) is 1.71. The molecule has 2 aromatic rings. The number of aromatic nitrogens is 4. The van der Waals surface area contributed by atoms with Crippen LogP contribution in [0.1, 0.15) is 28.2 Å². The highest BCUT2D eigenvalue weighted by molar-refractivity contribution is 5.92. The summed E-state index contributed by atoms with van der Waals surface area (Å²) in [4.78, 5) is 25.9. The number of anilines is 1. The van der Waals surface area contributed by atoms with Crippen molar-refractivity contribution < 1.29 is 9.53 Å². The molecule has 26 heavy (non-hydrogen) atoms. The zero-order chi connectivity index (χ0) is 17.9. The molecule has 1 fully saturated rings. The van der Waals surface area contributed by atoms with Crippen molar-refractivity contribution in [3.05, 3.63) is 35.5 Å². The lowest BCUT2D eigenvalue weighted by molar-refractivity contribution is 0.0757. The van der Waals surface area contributed by atoms with E-state index in [1.807, 2.05) is 4.90 Å². The van der Waals surface area contributed by atoms with E-state index in [9.17, 15) is 4.79 Å². The maximum atomic E-state index is 12.6. The van der Waals surface area contributed by atoms with Crippen molar-refractivity contribution in [2.75, 3.05) is 44.8 Å². The number of rotatable bonds is 4. The van der Waals surface area contributed by atoms with Gasteiger partial charge in [-0.25, -0.2) is 9.97 Å². The van der Waals surface area contributed by atoms with Gasteiger partial charge in [0, 0.05) is 57.4 Å². The summed E-state index contributed by atoms with van der Waals surface area (Å²) in [7, 11) is 1.75. The average Bonchev–Trinajstić information content (AvgIpc) is 3.30. The minimum absolute atomic E-state index is 0.00820. The van der Waals surface area contributed by atoms with Gasteiger partial charge < -0.3 is 14.5 Å². The van der Waals surface area contributed by atoms with E-state index in [-0.39, 0.29) is 5.91 Å². The van der Waals surface area contributed by atoms with Crippen LogP contribution in [0.25, 0.3) is 0 Å². The van der Waals surface area contributed by atoms with Crippen LogP contribution < -0.4 is 4.90 Å². The molecule has 8 heteroatoms. The van der Waals surface area contributed by atoms with E-state index in [2.05, 4.69) is 25.1 Å². The van der Waals surface area contributed by atoms with Gasteiger partial charge in [0.15, 0.2) is 0 Å². The number of amides is 1.